The van der Waals surface area contributed by atoms with E-state index >= 15 is 0 Å². The SMILES string of the molecule is CC(C)(C)N(CC(=O)O)C(=O)N1CCOCC1C(N)=O. The molecule has 1 atom stereocenters. The average Bonchev–Trinajstić information content (AvgIpc) is 2.33. The summed E-state index contributed by atoms with van der Waals surface area (Å²) in [5.41, 5.74) is 4.57. The topological polar surface area (TPSA) is 113 Å². The van der Waals surface area contributed by atoms with Crippen LogP contribution in [0.2, 0.25) is 0 Å². The van der Waals surface area contributed by atoms with E-state index in [2.05, 4.69) is 0 Å². The van der Waals surface area contributed by atoms with Gasteiger partial charge in [0.1, 0.15) is 12.6 Å². The molecule has 0 spiro atoms. The van der Waals surface area contributed by atoms with Gasteiger partial charge in [-0.2, -0.15) is 0 Å². The zero-order valence-electron chi connectivity index (χ0n) is 12.0. The Hall–Kier alpha value is -1.83. The zero-order chi connectivity index (χ0) is 15.5. The third-order valence-corrected chi connectivity index (χ3v) is 3.04. The maximum Gasteiger partial charge on any atom is 0.323 e. The van der Waals surface area contributed by atoms with E-state index in [4.69, 9.17) is 15.6 Å². The Morgan fingerprint density at radius 3 is 2.45 bits per heavy atom. The van der Waals surface area contributed by atoms with Crippen LogP contribution in [0.5, 0.6) is 0 Å². The van der Waals surface area contributed by atoms with Gasteiger partial charge in [0.2, 0.25) is 5.91 Å². The molecule has 8 nitrogen and oxygen atoms in total. The molecule has 1 unspecified atom stereocenters. The fourth-order valence-electron chi connectivity index (χ4n) is 1.95. The number of aliphatic carboxylic acids is 1. The first-order valence-electron chi connectivity index (χ1n) is 6.31. The summed E-state index contributed by atoms with van der Waals surface area (Å²) >= 11 is 0. The molecule has 1 aliphatic heterocycles. The van der Waals surface area contributed by atoms with Crippen molar-refractivity contribution in [3.8, 4) is 0 Å². The molecule has 1 rings (SSSR count). The molecular weight excluding hydrogens is 266 g/mol. The van der Waals surface area contributed by atoms with Crippen molar-refractivity contribution in [3.05, 3.63) is 0 Å². The normalized spacial score (nSPS) is 19.6. The molecule has 3 N–H and O–H groups in total. The van der Waals surface area contributed by atoms with Crippen LogP contribution < -0.4 is 5.73 Å². The van der Waals surface area contributed by atoms with E-state index in [-0.39, 0.29) is 13.2 Å². The first-order chi connectivity index (χ1) is 9.14. The lowest BCUT2D eigenvalue weighted by molar-refractivity contribution is -0.139. The van der Waals surface area contributed by atoms with E-state index in [0.29, 0.717) is 6.61 Å². The molecule has 0 aromatic carbocycles. The van der Waals surface area contributed by atoms with E-state index in [1.165, 1.54) is 9.80 Å². The number of carbonyl (C=O) groups is 3. The van der Waals surface area contributed by atoms with Crippen LogP contribution in [-0.4, -0.2) is 70.7 Å². The number of morpholine rings is 1. The molecular formula is C12H21N3O5. The summed E-state index contributed by atoms with van der Waals surface area (Å²) in [6.07, 6.45) is 0. The molecule has 0 radical (unpaired) electrons. The summed E-state index contributed by atoms with van der Waals surface area (Å²) in [4.78, 5) is 37.3. The Bertz CT molecular complexity index is 404. The van der Waals surface area contributed by atoms with E-state index in [0.717, 1.165) is 0 Å². The van der Waals surface area contributed by atoms with Gasteiger partial charge in [0, 0.05) is 12.1 Å². The largest absolute Gasteiger partial charge is 0.480 e. The number of carboxylic acid groups (broad SMARTS) is 1. The smallest absolute Gasteiger partial charge is 0.323 e. The Morgan fingerprint density at radius 1 is 1.40 bits per heavy atom. The maximum atomic E-state index is 12.5. The average molecular weight is 287 g/mol. The minimum Gasteiger partial charge on any atom is -0.480 e. The van der Waals surface area contributed by atoms with Gasteiger partial charge in [-0.15, -0.1) is 0 Å². The highest BCUT2D eigenvalue weighted by Gasteiger charge is 2.38. The van der Waals surface area contributed by atoms with Crippen LogP contribution in [0.15, 0.2) is 0 Å². The molecule has 3 amide bonds. The van der Waals surface area contributed by atoms with Crippen LogP contribution in [0.25, 0.3) is 0 Å². The zero-order valence-corrected chi connectivity index (χ0v) is 12.0. The Labute approximate surface area is 117 Å². The van der Waals surface area contributed by atoms with E-state index in [1.54, 1.807) is 20.8 Å². The number of urea groups is 1. The van der Waals surface area contributed by atoms with Crippen molar-refractivity contribution in [3.63, 3.8) is 0 Å². The van der Waals surface area contributed by atoms with Gasteiger partial charge in [0.15, 0.2) is 0 Å². The fourth-order valence-corrected chi connectivity index (χ4v) is 1.95. The molecule has 0 aliphatic carbocycles. The van der Waals surface area contributed by atoms with Crippen molar-refractivity contribution < 1.29 is 24.2 Å². The number of hydrogen-bond acceptors (Lipinski definition) is 4. The fraction of sp³-hybridized carbons (Fsp3) is 0.750. The number of nitrogens with two attached hydrogens (primary N) is 1. The number of primary amides is 1. The molecule has 8 heteroatoms. The predicted molar refractivity (Wildman–Crippen MR) is 70.0 cm³/mol. The standard InChI is InChI=1S/C12H21N3O5/c1-12(2,3)15(6-9(16)17)11(19)14-4-5-20-7-8(14)10(13)18/h8H,4-7H2,1-3H3,(H2,13,18)(H,16,17). The third kappa shape index (κ3) is 3.83. The lowest BCUT2D eigenvalue weighted by Gasteiger charge is -2.41. The van der Waals surface area contributed by atoms with E-state index in [1.807, 2.05) is 0 Å². The molecule has 0 aromatic rings. The van der Waals surface area contributed by atoms with Gasteiger partial charge >= 0.3 is 12.0 Å². The van der Waals surface area contributed by atoms with Gasteiger partial charge in [-0.05, 0) is 20.8 Å². The van der Waals surface area contributed by atoms with Crippen molar-refractivity contribution in [1.82, 2.24) is 9.80 Å². The number of hydrogen-bond donors (Lipinski definition) is 2. The molecule has 1 heterocycles. The Balaban J connectivity index is 2.97. The first kappa shape index (κ1) is 16.2. The molecule has 20 heavy (non-hydrogen) atoms. The van der Waals surface area contributed by atoms with Crippen LogP contribution >= 0.6 is 0 Å². The molecule has 114 valence electrons. The van der Waals surface area contributed by atoms with Gasteiger partial charge in [0.25, 0.3) is 0 Å². The van der Waals surface area contributed by atoms with Gasteiger partial charge in [0.05, 0.1) is 13.2 Å². The van der Waals surface area contributed by atoms with Crippen molar-refractivity contribution in [1.29, 1.82) is 0 Å². The minimum absolute atomic E-state index is 0.0339. The highest BCUT2D eigenvalue weighted by Crippen LogP contribution is 2.18. The highest BCUT2D eigenvalue weighted by molar-refractivity contribution is 5.88. The number of rotatable bonds is 3. The molecule has 1 aliphatic rings. The number of carboxylic acids is 1. The van der Waals surface area contributed by atoms with Gasteiger partial charge in [-0.1, -0.05) is 0 Å². The second kappa shape index (κ2) is 6.08. The Kier molecular flexibility index (Phi) is 4.93. The number of carbonyl (C=O) groups excluding carboxylic acids is 2. The summed E-state index contributed by atoms with van der Waals surface area (Å²) in [5, 5.41) is 8.94. The first-order valence-corrected chi connectivity index (χ1v) is 6.31. The lowest BCUT2D eigenvalue weighted by atomic mass is 10.1. The quantitative estimate of drug-likeness (QED) is 0.725. The number of ether oxygens (including phenoxy) is 1. The van der Waals surface area contributed by atoms with Crippen molar-refractivity contribution in [2.24, 2.45) is 5.73 Å². The van der Waals surface area contributed by atoms with Gasteiger partial charge in [-0.25, -0.2) is 4.79 Å². The lowest BCUT2D eigenvalue weighted by Crippen LogP contribution is -2.61. The number of amides is 3. The van der Waals surface area contributed by atoms with Crippen molar-refractivity contribution >= 4 is 17.9 Å². The van der Waals surface area contributed by atoms with E-state index < -0.39 is 36.0 Å². The Morgan fingerprint density at radius 2 is 2.00 bits per heavy atom. The van der Waals surface area contributed by atoms with Gasteiger partial charge < -0.3 is 25.4 Å². The predicted octanol–water partition coefficient (Wildman–Crippen LogP) is -0.522. The highest BCUT2D eigenvalue weighted by atomic mass is 16.5. The van der Waals surface area contributed by atoms with Crippen LogP contribution in [0.4, 0.5) is 4.79 Å². The summed E-state index contributed by atoms with van der Waals surface area (Å²) in [6, 6.07) is -1.39. The summed E-state index contributed by atoms with van der Waals surface area (Å²) < 4.78 is 5.14. The monoisotopic (exact) mass is 287 g/mol. The summed E-state index contributed by atoms with van der Waals surface area (Å²) in [6.45, 7) is 5.28. The van der Waals surface area contributed by atoms with Crippen molar-refractivity contribution in [2.75, 3.05) is 26.3 Å². The molecule has 1 saturated heterocycles. The molecule has 0 aromatic heterocycles. The minimum atomic E-state index is -1.11. The third-order valence-electron chi connectivity index (χ3n) is 3.04. The number of nitrogens with zero attached hydrogens (tertiary/aromatic N) is 2. The molecule has 0 bridgehead atoms. The summed E-state index contributed by atoms with van der Waals surface area (Å²) in [5.74, 6) is -1.78. The van der Waals surface area contributed by atoms with Crippen LogP contribution in [0.1, 0.15) is 20.8 Å². The van der Waals surface area contributed by atoms with Crippen LogP contribution in [-0.2, 0) is 14.3 Å². The molecule has 0 saturated carbocycles. The summed E-state index contributed by atoms with van der Waals surface area (Å²) in [7, 11) is 0. The second-order valence-electron chi connectivity index (χ2n) is 5.62. The molecule has 1 fully saturated rings. The van der Waals surface area contributed by atoms with Crippen molar-refractivity contribution in [2.45, 2.75) is 32.4 Å². The maximum absolute atomic E-state index is 12.5. The van der Waals surface area contributed by atoms with Crippen LogP contribution in [0.3, 0.4) is 0 Å². The van der Waals surface area contributed by atoms with E-state index in [9.17, 15) is 14.4 Å². The second-order valence-corrected chi connectivity index (χ2v) is 5.62. The van der Waals surface area contributed by atoms with Crippen LogP contribution in [0, 0.1) is 0 Å². The van der Waals surface area contributed by atoms with Gasteiger partial charge in [-0.3, -0.25) is 9.59 Å².